The first kappa shape index (κ1) is 33.8. The van der Waals surface area contributed by atoms with Crippen molar-refractivity contribution in [2.45, 2.75) is 17.9 Å². The third-order valence-corrected chi connectivity index (χ3v) is 9.81. The van der Waals surface area contributed by atoms with Crippen LogP contribution in [0.3, 0.4) is 0 Å². The Morgan fingerprint density at radius 2 is 1.55 bits per heavy atom. The molecule has 6 aromatic rings. The molecule has 0 spiro atoms. The van der Waals surface area contributed by atoms with Crippen molar-refractivity contribution in [3.63, 3.8) is 0 Å². The topological polar surface area (TPSA) is 126 Å². The number of nitrogens with zero attached hydrogens (tertiary/aromatic N) is 6. The molecule has 3 heterocycles. The van der Waals surface area contributed by atoms with Crippen molar-refractivity contribution in [1.82, 2.24) is 30.1 Å². The number of nitrogens with one attached hydrogen (secondary N) is 1. The number of anilines is 1. The van der Waals surface area contributed by atoms with E-state index >= 15 is 0 Å². The number of fused-ring (bicyclic) bond motifs is 2. The fourth-order valence-electron chi connectivity index (χ4n) is 6.09. The number of hydrogen-bond acceptors (Lipinski definition) is 11. The molecule has 0 atom stereocenters. The number of thioether (sulfide) groups is 1. The lowest BCUT2D eigenvalue weighted by Gasteiger charge is -2.29. The number of rotatable bonds is 12. The molecule has 0 radical (unpaired) electrons. The molecule has 0 bridgehead atoms. The van der Waals surface area contributed by atoms with Gasteiger partial charge in [-0.15, -0.1) is 26.8 Å². The largest absolute Gasteiger partial charge is 0.493 e. The van der Waals surface area contributed by atoms with Crippen molar-refractivity contribution in [2.24, 2.45) is 0 Å². The Kier molecular flexibility index (Phi) is 9.99. The lowest BCUT2D eigenvalue weighted by atomic mass is 9.99. The molecule has 0 saturated carbocycles. The number of benzene rings is 4. The highest BCUT2D eigenvalue weighted by Gasteiger charge is 2.21. The van der Waals surface area contributed by atoms with Crippen LogP contribution >= 0.6 is 11.8 Å². The summed E-state index contributed by atoms with van der Waals surface area (Å²) in [6.45, 7) is 2.87. The zero-order valence-electron chi connectivity index (χ0n) is 28.8. The van der Waals surface area contributed by atoms with E-state index in [9.17, 15) is 4.79 Å². The second kappa shape index (κ2) is 15.1. The number of carbonyl (C=O) groups excluding carboxylic acids is 1. The quantitative estimate of drug-likeness (QED) is 0.144. The number of tetrazole rings is 1. The van der Waals surface area contributed by atoms with Crippen molar-refractivity contribution in [3.8, 4) is 40.1 Å². The molecule has 13 heteroatoms. The van der Waals surface area contributed by atoms with Crippen molar-refractivity contribution in [1.29, 1.82) is 0 Å². The van der Waals surface area contributed by atoms with Crippen molar-refractivity contribution >= 4 is 34.3 Å². The second-order valence-corrected chi connectivity index (χ2v) is 13.0. The van der Waals surface area contributed by atoms with Crippen LogP contribution in [0.25, 0.3) is 28.0 Å². The van der Waals surface area contributed by atoms with Crippen LogP contribution in [0.2, 0.25) is 0 Å². The molecule has 2 aromatic heterocycles. The van der Waals surface area contributed by atoms with Crippen molar-refractivity contribution in [2.75, 3.05) is 52.6 Å². The van der Waals surface area contributed by atoms with Gasteiger partial charge in [0.1, 0.15) is 0 Å². The standard InChI is InChI=1S/C38H37N7O5S/c1-47-33-18-24-13-14-44(23-27(24)19-34(33)48-2)15-16-51-29-11-9-28(10-12-29)45-42-37(41-43-45)30-20-35(49-3)36(50-4)21-32(30)40-38(46)26-17-25-7-5-6-8-31(25)39-22-26/h5-12,17-22H,13-16,23H2,1-4H3,(H,40,46). The minimum atomic E-state index is -0.340. The van der Waals surface area contributed by atoms with E-state index in [1.54, 1.807) is 57.5 Å². The molecular weight excluding hydrogens is 667 g/mol. The Balaban J connectivity index is 1.03. The average molecular weight is 704 g/mol. The molecule has 0 unspecified atom stereocenters. The van der Waals surface area contributed by atoms with Gasteiger partial charge in [-0.1, -0.05) is 18.2 Å². The number of aromatic nitrogens is 5. The van der Waals surface area contributed by atoms with E-state index in [0.29, 0.717) is 34.1 Å². The molecule has 1 aliphatic heterocycles. The molecular formula is C38H37N7O5S. The van der Waals surface area contributed by atoms with Gasteiger partial charge in [0.05, 0.1) is 56.5 Å². The van der Waals surface area contributed by atoms with Gasteiger partial charge in [-0.3, -0.25) is 14.7 Å². The summed E-state index contributed by atoms with van der Waals surface area (Å²) in [6, 6.07) is 25.1. The highest BCUT2D eigenvalue weighted by Crippen LogP contribution is 2.38. The first-order chi connectivity index (χ1) is 25.0. The van der Waals surface area contributed by atoms with Crippen molar-refractivity contribution < 1.29 is 23.7 Å². The van der Waals surface area contributed by atoms with E-state index in [1.165, 1.54) is 23.0 Å². The van der Waals surface area contributed by atoms with E-state index in [1.807, 2.05) is 36.4 Å². The predicted octanol–water partition coefficient (Wildman–Crippen LogP) is 6.31. The summed E-state index contributed by atoms with van der Waals surface area (Å²) < 4.78 is 22.1. The molecule has 260 valence electrons. The summed E-state index contributed by atoms with van der Waals surface area (Å²) in [4.78, 5) is 22.9. The third kappa shape index (κ3) is 7.30. The number of amides is 1. The zero-order chi connectivity index (χ0) is 35.3. The Morgan fingerprint density at radius 3 is 2.31 bits per heavy atom. The number of methoxy groups -OCH3 is 4. The number of hydrogen-bond donors (Lipinski definition) is 1. The molecule has 0 aliphatic carbocycles. The summed E-state index contributed by atoms with van der Waals surface area (Å²) >= 11 is 1.81. The summed E-state index contributed by atoms with van der Waals surface area (Å²) in [6.07, 6.45) is 2.54. The normalized spacial score (nSPS) is 12.7. The fourth-order valence-corrected chi connectivity index (χ4v) is 7.00. The molecule has 1 N–H and O–H groups in total. The maximum atomic E-state index is 13.4. The van der Waals surface area contributed by atoms with Crippen LogP contribution in [-0.4, -0.2) is 83.3 Å². The smallest absolute Gasteiger partial charge is 0.257 e. The SMILES string of the molecule is COc1cc2c(cc1OC)CN(CCSc1ccc(-n3nnc(-c4cc(OC)c(OC)cc4NC(=O)c4cnc5ccccc5c4)n3)cc1)CC2. The lowest BCUT2D eigenvalue weighted by molar-refractivity contribution is 0.102. The van der Waals surface area contributed by atoms with Gasteiger partial charge in [-0.05, 0) is 77.4 Å². The van der Waals surface area contributed by atoms with Gasteiger partial charge in [-0.25, -0.2) is 0 Å². The maximum absolute atomic E-state index is 13.4. The molecule has 12 nitrogen and oxygen atoms in total. The summed E-state index contributed by atoms with van der Waals surface area (Å²) in [5, 5.41) is 17.2. The zero-order valence-corrected chi connectivity index (χ0v) is 29.6. The monoisotopic (exact) mass is 703 g/mol. The predicted molar refractivity (Wildman–Crippen MR) is 197 cm³/mol. The first-order valence-electron chi connectivity index (χ1n) is 16.4. The van der Waals surface area contributed by atoms with Crippen molar-refractivity contribution in [3.05, 3.63) is 102 Å². The number of carbonyl (C=O) groups is 1. The molecule has 51 heavy (non-hydrogen) atoms. The summed E-state index contributed by atoms with van der Waals surface area (Å²) in [7, 11) is 6.43. The van der Waals surface area contributed by atoms with Crippen LogP contribution in [0, 0.1) is 0 Å². The van der Waals surface area contributed by atoms with Gasteiger partial charge < -0.3 is 24.3 Å². The van der Waals surface area contributed by atoms with Gasteiger partial charge in [0.25, 0.3) is 5.91 Å². The Morgan fingerprint density at radius 1 is 0.843 bits per heavy atom. The third-order valence-electron chi connectivity index (χ3n) is 8.82. The molecule has 7 rings (SSSR count). The number of ether oxygens (including phenoxy) is 4. The highest BCUT2D eigenvalue weighted by atomic mass is 32.2. The minimum Gasteiger partial charge on any atom is -0.493 e. The molecule has 0 saturated heterocycles. The van der Waals surface area contributed by atoms with Crippen LogP contribution in [-0.2, 0) is 13.0 Å². The summed E-state index contributed by atoms with van der Waals surface area (Å²) in [5.74, 6) is 3.38. The van der Waals surface area contributed by atoms with Crippen LogP contribution < -0.4 is 24.3 Å². The second-order valence-electron chi connectivity index (χ2n) is 11.9. The molecule has 0 fully saturated rings. The van der Waals surface area contributed by atoms with E-state index in [4.69, 9.17) is 18.9 Å². The van der Waals surface area contributed by atoms with E-state index in [2.05, 4.69) is 54.9 Å². The van der Waals surface area contributed by atoms with Crippen LogP contribution in [0.5, 0.6) is 23.0 Å². The van der Waals surface area contributed by atoms with Crippen LogP contribution in [0.1, 0.15) is 21.5 Å². The summed E-state index contributed by atoms with van der Waals surface area (Å²) in [5.41, 5.74) is 5.54. The lowest BCUT2D eigenvalue weighted by Crippen LogP contribution is -2.32. The Bertz CT molecular complexity index is 2190. The molecule has 1 aliphatic rings. The van der Waals surface area contributed by atoms with Gasteiger partial charge >= 0.3 is 0 Å². The van der Waals surface area contributed by atoms with Gasteiger partial charge in [0.2, 0.25) is 5.82 Å². The van der Waals surface area contributed by atoms with E-state index in [0.717, 1.165) is 64.8 Å². The maximum Gasteiger partial charge on any atom is 0.257 e. The fraction of sp³-hybridized carbons (Fsp3) is 0.237. The van der Waals surface area contributed by atoms with Gasteiger partial charge in [0, 0.05) is 47.9 Å². The number of para-hydroxylation sites is 1. The Labute approximate surface area is 299 Å². The average Bonchev–Trinajstić information content (AvgIpc) is 3.67. The Hall–Kier alpha value is -5.66. The minimum absolute atomic E-state index is 0.306. The van der Waals surface area contributed by atoms with Gasteiger partial charge in [-0.2, -0.15) is 0 Å². The molecule has 1 amide bonds. The molecule has 4 aromatic carbocycles. The van der Waals surface area contributed by atoms with E-state index in [-0.39, 0.29) is 5.91 Å². The van der Waals surface area contributed by atoms with Crippen LogP contribution in [0.15, 0.2) is 90.0 Å². The number of pyridine rings is 1. The van der Waals surface area contributed by atoms with Gasteiger partial charge in [0.15, 0.2) is 23.0 Å². The van der Waals surface area contributed by atoms with E-state index < -0.39 is 0 Å². The highest BCUT2D eigenvalue weighted by molar-refractivity contribution is 7.99. The first-order valence-corrected chi connectivity index (χ1v) is 17.4. The van der Waals surface area contributed by atoms with Crippen LogP contribution in [0.4, 0.5) is 5.69 Å².